The second-order valence-corrected chi connectivity index (χ2v) is 11.0. The van der Waals surface area contributed by atoms with Crippen molar-refractivity contribution in [2.45, 2.75) is 69.4 Å². The molecular formula is C29H39N3O3. The molecule has 0 spiro atoms. The molecule has 1 saturated carbocycles. The zero-order valence-corrected chi connectivity index (χ0v) is 21.4. The number of hydrogen-bond acceptors (Lipinski definition) is 5. The molecule has 1 aliphatic carbocycles. The summed E-state index contributed by atoms with van der Waals surface area (Å²) in [6.45, 7) is 7.62. The lowest BCUT2D eigenvalue weighted by molar-refractivity contribution is -0.137. The van der Waals surface area contributed by atoms with Crippen molar-refractivity contribution < 1.29 is 14.6 Å². The maximum Gasteiger partial charge on any atom is 0.226 e. The highest BCUT2D eigenvalue weighted by Crippen LogP contribution is 2.53. The Morgan fingerprint density at radius 2 is 1.83 bits per heavy atom. The molecule has 35 heavy (non-hydrogen) atoms. The Labute approximate surface area is 209 Å². The molecular weight excluding hydrogens is 438 g/mol. The minimum Gasteiger partial charge on any atom is -0.497 e. The predicted octanol–water partition coefficient (Wildman–Crippen LogP) is 3.74. The average Bonchev–Trinajstić information content (AvgIpc) is 3.70. The number of amides is 1. The number of aryl methyl sites for hydroxylation is 1. The first-order valence-electron chi connectivity index (χ1n) is 13.1. The van der Waals surface area contributed by atoms with Crippen LogP contribution in [0, 0.1) is 12.8 Å². The van der Waals surface area contributed by atoms with Crippen molar-refractivity contribution in [3.05, 3.63) is 59.4 Å². The second kappa shape index (κ2) is 9.55. The monoisotopic (exact) mass is 477 g/mol. The highest BCUT2D eigenvalue weighted by atomic mass is 16.5. The van der Waals surface area contributed by atoms with Crippen LogP contribution in [0.1, 0.15) is 55.7 Å². The van der Waals surface area contributed by atoms with Crippen molar-refractivity contribution in [1.82, 2.24) is 14.8 Å². The Hall–Kier alpha value is -2.44. The lowest BCUT2D eigenvalue weighted by Crippen LogP contribution is -2.68. The van der Waals surface area contributed by atoms with Crippen LogP contribution in [0.15, 0.2) is 42.7 Å². The first kappa shape index (κ1) is 24.3. The summed E-state index contributed by atoms with van der Waals surface area (Å²) in [5.74, 6) is 1.72. The summed E-state index contributed by atoms with van der Waals surface area (Å²) < 4.78 is 5.61. The summed E-state index contributed by atoms with van der Waals surface area (Å²) in [4.78, 5) is 21.9. The molecule has 1 N–H and O–H groups in total. The molecule has 3 atom stereocenters. The van der Waals surface area contributed by atoms with E-state index in [0.29, 0.717) is 25.9 Å². The summed E-state index contributed by atoms with van der Waals surface area (Å²) in [7, 11) is 1.70. The van der Waals surface area contributed by atoms with Crippen LogP contribution >= 0.6 is 0 Å². The van der Waals surface area contributed by atoms with Gasteiger partial charge in [-0.05, 0) is 99.4 Å². The standard InChI is InChI=1S/C29H39N3O3/c1-21-4-7-25(35-3)19-26(21)28-10-15-31(27(33)18-23-8-13-30-14-9-23)17-12-29(28,34)22(2)32(16-11-28)20-24-5-6-24/h4,7-9,13-14,19,22,24,34H,5-6,10-12,15-18,20H2,1-3H3. The number of ether oxygens (including phenoxy) is 1. The van der Waals surface area contributed by atoms with Crippen LogP contribution < -0.4 is 4.74 Å². The Balaban J connectivity index is 1.49. The quantitative estimate of drug-likeness (QED) is 0.687. The molecule has 6 nitrogen and oxygen atoms in total. The number of aromatic nitrogens is 1. The fourth-order valence-electron chi connectivity index (χ4n) is 6.64. The number of fused-ring (bicyclic) bond motifs is 1. The molecule has 3 heterocycles. The van der Waals surface area contributed by atoms with Gasteiger partial charge < -0.3 is 14.7 Å². The smallest absolute Gasteiger partial charge is 0.226 e. The van der Waals surface area contributed by atoms with Gasteiger partial charge in [0.15, 0.2) is 0 Å². The summed E-state index contributed by atoms with van der Waals surface area (Å²) in [6, 6.07) is 10.1. The number of hydrogen-bond donors (Lipinski definition) is 1. The van der Waals surface area contributed by atoms with Crippen molar-refractivity contribution in [3.8, 4) is 5.75 Å². The lowest BCUT2D eigenvalue weighted by Gasteiger charge is -2.57. The highest BCUT2D eigenvalue weighted by Gasteiger charge is 2.59. The Morgan fingerprint density at radius 3 is 2.54 bits per heavy atom. The van der Waals surface area contributed by atoms with Crippen LogP contribution in [0.4, 0.5) is 0 Å². The van der Waals surface area contributed by atoms with Crippen LogP contribution in [0.3, 0.4) is 0 Å². The van der Waals surface area contributed by atoms with Gasteiger partial charge in [0.05, 0.1) is 19.1 Å². The first-order valence-corrected chi connectivity index (χ1v) is 13.1. The molecule has 3 fully saturated rings. The number of aliphatic hydroxyl groups is 1. The Kier molecular flexibility index (Phi) is 6.62. The third-order valence-electron chi connectivity index (χ3n) is 9.07. The minimum absolute atomic E-state index is 0.0256. The number of likely N-dealkylation sites (tertiary alicyclic amines) is 2. The zero-order valence-electron chi connectivity index (χ0n) is 21.4. The van der Waals surface area contributed by atoms with E-state index in [9.17, 15) is 9.90 Å². The van der Waals surface area contributed by atoms with E-state index in [1.807, 2.05) is 23.1 Å². The second-order valence-electron chi connectivity index (χ2n) is 11.0. The number of carbonyl (C=O) groups excluding carboxylic acids is 1. The molecule has 3 unspecified atom stereocenters. The van der Waals surface area contributed by atoms with Gasteiger partial charge in [-0.1, -0.05) is 6.07 Å². The van der Waals surface area contributed by atoms with Crippen LogP contribution in [-0.4, -0.2) is 70.7 Å². The van der Waals surface area contributed by atoms with E-state index in [2.05, 4.69) is 35.9 Å². The van der Waals surface area contributed by atoms with E-state index < -0.39 is 11.0 Å². The van der Waals surface area contributed by atoms with E-state index in [-0.39, 0.29) is 11.9 Å². The van der Waals surface area contributed by atoms with Crippen molar-refractivity contribution in [3.63, 3.8) is 0 Å². The van der Waals surface area contributed by atoms with Gasteiger partial charge in [-0.15, -0.1) is 0 Å². The minimum atomic E-state index is -0.928. The van der Waals surface area contributed by atoms with Gasteiger partial charge in [0, 0.05) is 43.5 Å². The number of carbonyl (C=O) groups is 1. The van der Waals surface area contributed by atoms with Gasteiger partial charge >= 0.3 is 0 Å². The fraction of sp³-hybridized carbons (Fsp3) is 0.586. The Morgan fingerprint density at radius 1 is 1.11 bits per heavy atom. The number of pyridine rings is 1. The first-order chi connectivity index (χ1) is 16.9. The van der Waals surface area contributed by atoms with Gasteiger partial charge in [-0.25, -0.2) is 0 Å². The highest BCUT2D eigenvalue weighted by molar-refractivity contribution is 5.78. The molecule has 3 aliphatic rings. The van der Waals surface area contributed by atoms with Crippen LogP contribution in [0.5, 0.6) is 5.75 Å². The molecule has 2 saturated heterocycles. The number of rotatable bonds is 6. The number of methoxy groups -OCH3 is 1. The molecule has 0 bridgehead atoms. The number of piperidine rings is 1. The maximum atomic E-state index is 13.3. The SMILES string of the molecule is COc1ccc(C)c(C23CCN(C(=O)Cc4ccncc4)CCC2(O)C(C)N(CC2CC2)CC3)c1. The van der Waals surface area contributed by atoms with E-state index in [0.717, 1.165) is 43.2 Å². The number of benzene rings is 1. The summed E-state index contributed by atoms with van der Waals surface area (Å²) in [6.07, 6.45) is 8.67. The van der Waals surface area contributed by atoms with Gasteiger partial charge in [-0.3, -0.25) is 14.7 Å². The summed E-state index contributed by atoms with van der Waals surface area (Å²) in [5, 5.41) is 12.7. The largest absolute Gasteiger partial charge is 0.497 e. The normalized spacial score (nSPS) is 29.4. The van der Waals surface area contributed by atoms with Crippen LogP contribution in [-0.2, 0) is 16.6 Å². The molecule has 1 aromatic heterocycles. The van der Waals surface area contributed by atoms with Crippen molar-refractivity contribution in [2.24, 2.45) is 5.92 Å². The van der Waals surface area contributed by atoms with E-state index in [1.54, 1.807) is 19.5 Å². The molecule has 1 amide bonds. The molecule has 0 radical (unpaired) electrons. The molecule has 2 aromatic rings. The summed E-state index contributed by atoms with van der Waals surface area (Å²) in [5.41, 5.74) is 2.00. The van der Waals surface area contributed by atoms with Crippen LogP contribution in [0.25, 0.3) is 0 Å². The topological polar surface area (TPSA) is 65.9 Å². The van der Waals surface area contributed by atoms with Gasteiger partial charge in [0.25, 0.3) is 0 Å². The lowest BCUT2D eigenvalue weighted by atomic mass is 9.57. The average molecular weight is 478 g/mol. The van der Waals surface area contributed by atoms with Gasteiger partial charge in [-0.2, -0.15) is 0 Å². The number of nitrogens with zero attached hydrogens (tertiary/aromatic N) is 3. The van der Waals surface area contributed by atoms with E-state index >= 15 is 0 Å². The summed E-state index contributed by atoms with van der Waals surface area (Å²) >= 11 is 0. The Bertz CT molecular complexity index is 1060. The molecule has 6 heteroatoms. The van der Waals surface area contributed by atoms with Crippen molar-refractivity contribution in [1.29, 1.82) is 0 Å². The van der Waals surface area contributed by atoms with Crippen molar-refractivity contribution >= 4 is 5.91 Å². The predicted molar refractivity (Wildman–Crippen MR) is 136 cm³/mol. The van der Waals surface area contributed by atoms with Gasteiger partial charge in [0.1, 0.15) is 5.75 Å². The third-order valence-corrected chi connectivity index (χ3v) is 9.07. The van der Waals surface area contributed by atoms with E-state index in [4.69, 9.17) is 4.74 Å². The van der Waals surface area contributed by atoms with Crippen LogP contribution in [0.2, 0.25) is 0 Å². The maximum absolute atomic E-state index is 13.3. The van der Waals surface area contributed by atoms with E-state index in [1.165, 1.54) is 24.0 Å². The van der Waals surface area contributed by atoms with Crippen molar-refractivity contribution in [2.75, 3.05) is 33.3 Å². The molecule has 5 rings (SSSR count). The zero-order chi connectivity index (χ0) is 24.6. The van der Waals surface area contributed by atoms with Gasteiger partial charge in [0.2, 0.25) is 5.91 Å². The molecule has 188 valence electrons. The third kappa shape index (κ3) is 4.47. The molecule has 2 aliphatic heterocycles. The fourth-order valence-corrected chi connectivity index (χ4v) is 6.64. The molecule has 1 aromatic carbocycles.